The minimum absolute atomic E-state index is 0.914. The summed E-state index contributed by atoms with van der Waals surface area (Å²) >= 11 is 1.87. The summed E-state index contributed by atoms with van der Waals surface area (Å²) in [6.45, 7) is 2.94. The standard InChI is InChI=1S/C13H18N4S/c1-11-14-8-9-17(11)13-12(5-3-6-16-13)15-7-4-10-18-2/h3,5-6,8-9,15H,4,7,10H2,1-2H3. The van der Waals surface area contributed by atoms with Crippen LogP contribution in [0.25, 0.3) is 5.82 Å². The molecule has 4 nitrogen and oxygen atoms in total. The van der Waals surface area contributed by atoms with Gasteiger partial charge in [0.1, 0.15) is 5.82 Å². The molecule has 2 aromatic heterocycles. The van der Waals surface area contributed by atoms with Gasteiger partial charge in [-0.15, -0.1) is 0 Å². The molecule has 0 radical (unpaired) electrons. The average molecular weight is 262 g/mol. The SMILES string of the molecule is CSCCCNc1cccnc1-n1ccnc1C. The van der Waals surface area contributed by atoms with E-state index in [2.05, 4.69) is 27.6 Å². The molecule has 0 atom stereocenters. The van der Waals surface area contributed by atoms with Crippen molar-refractivity contribution in [3.8, 4) is 5.82 Å². The van der Waals surface area contributed by atoms with Crippen LogP contribution in [0.15, 0.2) is 30.7 Å². The van der Waals surface area contributed by atoms with Gasteiger partial charge in [0, 0.05) is 25.1 Å². The number of aromatic nitrogens is 3. The topological polar surface area (TPSA) is 42.7 Å². The molecular weight excluding hydrogens is 244 g/mol. The van der Waals surface area contributed by atoms with Crippen LogP contribution in [0.5, 0.6) is 0 Å². The summed E-state index contributed by atoms with van der Waals surface area (Å²) in [5.41, 5.74) is 1.06. The molecule has 0 aliphatic rings. The fourth-order valence-corrected chi connectivity index (χ4v) is 2.20. The molecule has 2 rings (SSSR count). The van der Waals surface area contributed by atoms with Crippen molar-refractivity contribution in [3.63, 3.8) is 0 Å². The van der Waals surface area contributed by atoms with Crippen molar-refractivity contribution in [1.29, 1.82) is 0 Å². The molecule has 0 spiro atoms. The molecule has 0 saturated carbocycles. The van der Waals surface area contributed by atoms with Crippen molar-refractivity contribution in [2.24, 2.45) is 0 Å². The monoisotopic (exact) mass is 262 g/mol. The van der Waals surface area contributed by atoms with E-state index in [1.54, 1.807) is 6.20 Å². The molecule has 2 aromatic rings. The Morgan fingerprint density at radius 3 is 2.94 bits per heavy atom. The number of nitrogens with one attached hydrogen (secondary N) is 1. The van der Waals surface area contributed by atoms with Gasteiger partial charge in [-0.05, 0) is 37.5 Å². The number of hydrogen-bond acceptors (Lipinski definition) is 4. The Morgan fingerprint density at radius 2 is 2.22 bits per heavy atom. The molecule has 18 heavy (non-hydrogen) atoms. The minimum atomic E-state index is 0.914. The number of nitrogens with zero attached hydrogens (tertiary/aromatic N) is 3. The van der Waals surface area contributed by atoms with Gasteiger partial charge in [-0.3, -0.25) is 4.57 Å². The third-order valence-electron chi connectivity index (χ3n) is 2.68. The third kappa shape index (κ3) is 3.04. The van der Waals surface area contributed by atoms with Gasteiger partial charge in [-0.2, -0.15) is 11.8 Å². The van der Waals surface area contributed by atoms with Crippen LogP contribution in [0.2, 0.25) is 0 Å². The Morgan fingerprint density at radius 1 is 1.33 bits per heavy atom. The first-order chi connectivity index (χ1) is 8.83. The lowest BCUT2D eigenvalue weighted by molar-refractivity contribution is 0.921. The highest BCUT2D eigenvalue weighted by Crippen LogP contribution is 2.18. The Labute approximate surface area is 112 Å². The van der Waals surface area contributed by atoms with Crippen molar-refractivity contribution in [2.75, 3.05) is 23.9 Å². The largest absolute Gasteiger partial charge is 0.382 e. The van der Waals surface area contributed by atoms with E-state index in [1.807, 2.05) is 41.7 Å². The summed E-state index contributed by atoms with van der Waals surface area (Å²) in [6, 6.07) is 4.01. The number of aryl methyl sites for hydroxylation is 1. The molecule has 5 heteroatoms. The van der Waals surface area contributed by atoms with Crippen LogP contribution in [0, 0.1) is 6.92 Å². The van der Waals surface area contributed by atoms with E-state index in [9.17, 15) is 0 Å². The molecule has 0 saturated heterocycles. The highest BCUT2D eigenvalue weighted by atomic mass is 32.2. The van der Waals surface area contributed by atoms with Crippen molar-refractivity contribution < 1.29 is 0 Å². The van der Waals surface area contributed by atoms with E-state index in [-0.39, 0.29) is 0 Å². The number of hydrogen-bond donors (Lipinski definition) is 1. The van der Waals surface area contributed by atoms with Crippen LogP contribution in [0.4, 0.5) is 5.69 Å². The zero-order valence-corrected chi connectivity index (χ0v) is 11.6. The van der Waals surface area contributed by atoms with Crippen molar-refractivity contribution in [2.45, 2.75) is 13.3 Å². The second kappa shape index (κ2) is 6.44. The molecule has 0 aromatic carbocycles. The molecule has 96 valence electrons. The number of imidazole rings is 1. The van der Waals surface area contributed by atoms with Crippen LogP contribution in [0.3, 0.4) is 0 Å². The summed E-state index contributed by atoms with van der Waals surface area (Å²) in [5.74, 6) is 3.03. The van der Waals surface area contributed by atoms with Gasteiger partial charge in [0.15, 0.2) is 5.82 Å². The molecule has 0 aliphatic heterocycles. The quantitative estimate of drug-likeness (QED) is 0.813. The van der Waals surface area contributed by atoms with Gasteiger partial charge in [0.05, 0.1) is 5.69 Å². The third-order valence-corrected chi connectivity index (χ3v) is 3.38. The molecule has 1 N–H and O–H groups in total. The normalized spacial score (nSPS) is 10.6. The fourth-order valence-electron chi connectivity index (χ4n) is 1.77. The van der Waals surface area contributed by atoms with Gasteiger partial charge in [0.25, 0.3) is 0 Å². The lowest BCUT2D eigenvalue weighted by Crippen LogP contribution is -2.08. The summed E-state index contributed by atoms with van der Waals surface area (Å²) in [7, 11) is 0. The Kier molecular flexibility index (Phi) is 4.64. The molecule has 0 amide bonds. The molecule has 2 heterocycles. The fraction of sp³-hybridized carbons (Fsp3) is 0.385. The maximum atomic E-state index is 4.44. The van der Waals surface area contributed by atoms with E-state index >= 15 is 0 Å². The second-order valence-electron chi connectivity index (χ2n) is 3.99. The lowest BCUT2D eigenvalue weighted by Gasteiger charge is -2.12. The van der Waals surface area contributed by atoms with Crippen molar-refractivity contribution in [3.05, 3.63) is 36.5 Å². The summed E-state index contributed by atoms with van der Waals surface area (Å²) in [4.78, 5) is 8.67. The maximum Gasteiger partial charge on any atom is 0.161 e. The first-order valence-corrected chi connectivity index (χ1v) is 7.40. The van der Waals surface area contributed by atoms with Gasteiger partial charge in [-0.25, -0.2) is 9.97 Å². The summed E-state index contributed by atoms with van der Waals surface area (Å²) in [5, 5.41) is 3.44. The Hall–Kier alpha value is -1.49. The van der Waals surface area contributed by atoms with E-state index in [1.165, 1.54) is 5.75 Å². The Bertz CT molecular complexity index is 495. The molecule has 0 bridgehead atoms. The van der Waals surface area contributed by atoms with E-state index in [4.69, 9.17) is 0 Å². The number of thioether (sulfide) groups is 1. The zero-order valence-electron chi connectivity index (χ0n) is 10.8. The summed E-state index contributed by atoms with van der Waals surface area (Å²) in [6.07, 6.45) is 8.82. The van der Waals surface area contributed by atoms with Gasteiger partial charge in [0.2, 0.25) is 0 Å². The predicted molar refractivity (Wildman–Crippen MR) is 77.6 cm³/mol. The second-order valence-corrected chi connectivity index (χ2v) is 4.98. The lowest BCUT2D eigenvalue weighted by atomic mass is 10.3. The highest BCUT2D eigenvalue weighted by Gasteiger charge is 2.07. The first kappa shape index (κ1) is 13.0. The smallest absolute Gasteiger partial charge is 0.161 e. The van der Waals surface area contributed by atoms with Crippen molar-refractivity contribution >= 4 is 17.4 Å². The van der Waals surface area contributed by atoms with E-state index in [0.29, 0.717) is 0 Å². The van der Waals surface area contributed by atoms with Crippen molar-refractivity contribution in [1.82, 2.24) is 14.5 Å². The minimum Gasteiger partial charge on any atom is -0.382 e. The predicted octanol–water partition coefficient (Wildman–Crippen LogP) is 2.74. The molecule has 0 aliphatic carbocycles. The molecule has 0 unspecified atom stereocenters. The van der Waals surface area contributed by atoms with Crippen LogP contribution in [-0.2, 0) is 0 Å². The van der Waals surface area contributed by atoms with Gasteiger partial charge < -0.3 is 5.32 Å². The molecular formula is C13H18N4S. The van der Waals surface area contributed by atoms with Gasteiger partial charge in [-0.1, -0.05) is 0 Å². The first-order valence-electron chi connectivity index (χ1n) is 6.01. The number of pyridine rings is 1. The van der Waals surface area contributed by atoms with Gasteiger partial charge >= 0.3 is 0 Å². The van der Waals surface area contributed by atoms with Crippen LogP contribution >= 0.6 is 11.8 Å². The van der Waals surface area contributed by atoms with E-state index in [0.717, 1.165) is 30.3 Å². The number of rotatable bonds is 6. The van der Waals surface area contributed by atoms with Crippen LogP contribution < -0.4 is 5.32 Å². The van der Waals surface area contributed by atoms with Crippen LogP contribution in [0.1, 0.15) is 12.2 Å². The zero-order chi connectivity index (χ0) is 12.8. The maximum absolute atomic E-state index is 4.44. The number of anilines is 1. The Balaban J connectivity index is 2.13. The molecule has 0 fully saturated rings. The average Bonchev–Trinajstić information content (AvgIpc) is 2.81. The highest BCUT2D eigenvalue weighted by molar-refractivity contribution is 7.98. The van der Waals surface area contributed by atoms with E-state index < -0.39 is 0 Å². The summed E-state index contributed by atoms with van der Waals surface area (Å²) < 4.78 is 2.00. The van der Waals surface area contributed by atoms with Crippen LogP contribution in [-0.4, -0.2) is 33.1 Å².